The van der Waals surface area contributed by atoms with E-state index in [0.717, 1.165) is 54.8 Å². The topological polar surface area (TPSA) is 53.2 Å². The SMILES string of the molecule is Cc1ccc(S(=O)[C@H]2[C@@H]3CCCC[C@@H]3C(=O)N3CCc4c([nH]c5ccccc45)[C@H]23)cc1. The Bertz CT molecular complexity index is 1180. The third kappa shape index (κ3) is 2.93. The number of nitrogens with zero attached hydrogens (tertiary/aromatic N) is 1. The average Bonchev–Trinajstić information content (AvgIpc) is 3.19. The third-order valence-corrected chi connectivity index (χ3v) is 9.57. The third-order valence-electron chi connectivity index (χ3n) is 7.73. The van der Waals surface area contributed by atoms with E-state index in [0.29, 0.717) is 0 Å². The van der Waals surface area contributed by atoms with Gasteiger partial charge >= 0.3 is 0 Å². The number of piperidine rings is 1. The lowest BCUT2D eigenvalue weighted by Gasteiger charge is -2.51. The molecule has 4 nitrogen and oxygen atoms in total. The summed E-state index contributed by atoms with van der Waals surface area (Å²) < 4.78 is 14.1. The molecular formula is C26H28N2O2S. The standard InChI is InChI=1S/C26H28N2O2S/c1-16-10-12-17(13-11-16)31(30)25-20-7-2-3-8-21(20)26(29)28-15-14-19-18-6-4-5-9-22(18)27-23(19)24(25)28/h4-6,9-13,20-21,24-25,27H,2-3,7-8,14-15H2,1H3/t20-,21+,24-,25+,31?/m1/s1. The van der Waals surface area contributed by atoms with Gasteiger partial charge in [0.25, 0.3) is 0 Å². The van der Waals surface area contributed by atoms with Crippen molar-refractivity contribution in [1.29, 1.82) is 0 Å². The molecule has 5 atom stereocenters. The predicted molar refractivity (Wildman–Crippen MR) is 123 cm³/mol. The number of hydrogen-bond donors (Lipinski definition) is 1. The van der Waals surface area contributed by atoms with Crippen LogP contribution in [-0.4, -0.2) is 31.8 Å². The molecule has 0 radical (unpaired) electrons. The van der Waals surface area contributed by atoms with E-state index in [1.165, 1.54) is 16.5 Å². The van der Waals surface area contributed by atoms with E-state index in [9.17, 15) is 9.00 Å². The van der Waals surface area contributed by atoms with Crippen molar-refractivity contribution in [2.75, 3.05) is 6.54 Å². The number of aromatic amines is 1. The predicted octanol–water partition coefficient (Wildman–Crippen LogP) is 4.90. The highest BCUT2D eigenvalue weighted by Gasteiger charge is 2.53. The number of para-hydroxylation sites is 1. The van der Waals surface area contributed by atoms with Gasteiger partial charge < -0.3 is 9.88 Å². The summed E-state index contributed by atoms with van der Waals surface area (Å²) in [4.78, 5) is 20.2. The van der Waals surface area contributed by atoms with Crippen molar-refractivity contribution in [3.8, 4) is 0 Å². The Kier molecular flexibility index (Phi) is 4.57. The maximum absolute atomic E-state index is 14.1. The number of fused-ring (bicyclic) bond motifs is 6. The monoisotopic (exact) mass is 432 g/mol. The summed E-state index contributed by atoms with van der Waals surface area (Å²) in [6, 6.07) is 16.4. The number of H-pyrrole nitrogens is 1. The molecule has 2 aliphatic heterocycles. The van der Waals surface area contributed by atoms with Crippen molar-refractivity contribution >= 4 is 27.6 Å². The van der Waals surface area contributed by atoms with Gasteiger partial charge in [-0.1, -0.05) is 48.7 Å². The molecule has 1 aromatic heterocycles. The van der Waals surface area contributed by atoms with Crippen LogP contribution in [0.15, 0.2) is 53.4 Å². The van der Waals surface area contributed by atoms with Crippen LogP contribution >= 0.6 is 0 Å². The molecule has 1 N–H and O–H groups in total. The Hall–Kier alpha value is -2.40. The molecule has 1 amide bonds. The van der Waals surface area contributed by atoms with Crippen molar-refractivity contribution in [1.82, 2.24) is 9.88 Å². The molecule has 3 aromatic rings. The fraction of sp³-hybridized carbons (Fsp3) is 0.423. The second kappa shape index (κ2) is 7.33. The molecule has 5 heteroatoms. The van der Waals surface area contributed by atoms with E-state index in [1.807, 2.05) is 30.3 Å². The minimum absolute atomic E-state index is 0.0235. The van der Waals surface area contributed by atoms with E-state index in [-0.39, 0.29) is 29.0 Å². The first kappa shape index (κ1) is 19.3. The average molecular weight is 433 g/mol. The van der Waals surface area contributed by atoms with E-state index in [4.69, 9.17) is 0 Å². The summed E-state index contributed by atoms with van der Waals surface area (Å²) in [5.74, 6) is 0.494. The molecule has 2 aromatic carbocycles. The van der Waals surface area contributed by atoms with Gasteiger partial charge in [-0.25, -0.2) is 0 Å². The van der Waals surface area contributed by atoms with Crippen molar-refractivity contribution in [2.45, 2.75) is 55.2 Å². The van der Waals surface area contributed by atoms with Crippen molar-refractivity contribution in [3.05, 3.63) is 65.4 Å². The first-order valence-electron chi connectivity index (χ1n) is 11.5. The fourth-order valence-electron chi connectivity index (χ4n) is 6.27. The van der Waals surface area contributed by atoms with E-state index < -0.39 is 10.8 Å². The summed E-state index contributed by atoms with van der Waals surface area (Å²) in [6.07, 6.45) is 5.03. The highest BCUT2D eigenvalue weighted by molar-refractivity contribution is 7.85. The molecule has 1 unspecified atom stereocenters. The molecule has 2 fully saturated rings. The van der Waals surface area contributed by atoms with Gasteiger partial charge in [-0.3, -0.25) is 9.00 Å². The minimum atomic E-state index is -1.17. The number of aromatic nitrogens is 1. The molecular weight excluding hydrogens is 404 g/mol. The van der Waals surface area contributed by atoms with E-state index >= 15 is 0 Å². The molecule has 1 saturated carbocycles. The lowest BCUT2D eigenvalue weighted by molar-refractivity contribution is -0.147. The lowest BCUT2D eigenvalue weighted by Crippen LogP contribution is -2.58. The largest absolute Gasteiger partial charge is 0.356 e. The minimum Gasteiger partial charge on any atom is -0.356 e. The highest BCUT2D eigenvalue weighted by Crippen LogP contribution is 2.50. The Morgan fingerprint density at radius 1 is 1.03 bits per heavy atom. The number of hydrogen-bond acceptors (Lipinski definition) is 2. The summed E-state index contributed by atoms with van der Waals surface area (Å²) in [5, 5.41) is 1.17. The number of rotatable bonds is 2. The van der Waals surface area contributed by atoms with Gasteiger partial charge in [0.15, 0.2) is 0 Å². The van der Waals surface area contributed by atoms with Crippen LogP contribution in [0.3, 0.4) is 0 Å². The number of amides is 1. The quantitative estimate of drug-likeness (QED) is 0.626. The highest BCUT2D eigenvalue weighted by atomic mass is 32.2. The molecule has 3 heterocycles. The molecule has 31 heavy (non-hydrogen) atoms. The Balaban J connectivity index is 1.52. The summed E-state index contributed by atoms with van der Waals surface area (Å²) in [5.41, 5.74) is 4.72. The summed E-state index contributed by atoms with van der Waals surface area (Å²) in [7, 11) is -1.17. The Morgan fingerprint density at radius 2 is 1.81 bits per heavy atom. The van der Waals surface area contributed by atoms with Crippen molar-refractivity contribution < 1.29 is 9.00 Å². The number of carbonyl (C=O) groups is 1. The van der Waals surface area contributed by atoms with Gasteiger partial charge in [-0.2, -0.15) is 0 Å². The van der Waals surface area contributed by atoms with Crippen LogP contribution in [0.5, 0.6) is 0 Å². The Labute approximate surface area is 185 Å². The second-order valence-corrected chi connectivity index (χ2v) is 11.0. The van der Waals surface area contributed by atoms with Crippen LogP contribution in [0, 0.1) is 18.8 Å². The van der Waals surface area contributed by atoms with Gasteiger partial charge in [0.05, 0.1) is 22.1 Å². The Morgan fingerprint density at radius 3 is 2.65 bits per heavy atom. The zero-order valence-corrected chi connectivity index (χ0v) is 18.7. The first-order valence-corrected chi connectivity index (χ1v) is 12.7. The van der Waals surface area contributed by atoms with Crippen LogP contribution in [-0.2, 0) is 22.0 Å². The second-order valence-electron chi connectivity index (χ2n) is 9.42. The van der Waals surface area contributed by atoms with Crippen LogP contribution in [0.25, 0.3) is 10.9 Å². The van der Waals surface area contributed by atoms with Gasteiger partial charge in [-0.15, -0.1) is 0 Å². The van der Waals surface area contributed by atoms with Gasteiger partial charge in [0, 0.05) is 34.0 Å². The first-order chi connectivity index (χ1) is 15.1. The molecule has 3 aliphatic rings. The normalized spacial score (nSPS) is 28.7. The number of carbonyl (C=O) groups excluding carboxylic acids is 1. The maximum Gasteiger partial charge on any atom is 0.226 e. The van der Waals surface area contributed by atoms with Crippen LogP contribution < -0.4 is 0 Å². The van der Waals surface area contributed by atoms with Gasteiger partial charge in [0.1, 0.15) is 0 Å². The van der Waals surface area contributed by atoms with Gasteiger partial charge in [-0.05, 0) is 55.9 Å². The number of aryl methyl sites for hydroxylation is 1. The van der Waals surface area contributed by atoms with Crippen LogP contribution in [0.4, 0.5) is 0 Å². The van der Waals surface area contributed by atoms with Gasteiger partial charge in [0.2, 0.25) is 5.91 Å². The van der Waals surface area contributed by atoms with E-state index in [1.54, 1.807) is 0 Å². The molecule has 0 bridgehead atoms. The number of benzene rings is 2. The summed E-state index contributed by atoms with van der Waals surface area (Å²) in [6.45, 7) is 2.78. The number of nitrogens with one attached hydrogen (secondary N) is 1. The van der Waals surface area contributed by atoms with Crippen LogP contribution in [0.2, 0.25) is 0 Å². The molecule has 6 rings (SSSR count). The molecule has 160 valence electrons. The zero-order valence-electron chi connectivity index (χ0n) is 17.8. The molecule has 1 saturated heterocycles. The van der Waals surface area contributed by atoms with Crippen molar-refractivity contribution in [2.24, 2.45) is 11.8 Å². The maximum atomic E-state index is 14.1. The smallest absolute Gasteiger partial charge is 0.226 e. The van der Waals surface area contributed by atoms with Crippen LogP contribution in [0.1, 0.15) is 48.5 Å². The fourth-order valence-corrected chi connectivity index (χ4v) is 8.15. The molecule has 0 spiro atoms. The van der Waals surface area contributed by atoms with Crippen molar-refractivity contribution in [3.63, 3.8) is 0 Å². The zero-order chi connectivity index (χ0) is 21.1. The van der Waals surface area contributed by atoms with E-state index in [2.05, 4.69) is 35.0 Å². The lowest BCUT2D eigenvalue weighted by atomic mass is 9.70. The molecule has 1 aliphatic carbocycles. The summed E-state index contributed by atoms with van der Waals surface area (Å²) >= 11 is 0.